The molecular formula is C31H49F5O5S. The SMILES string of the molecule is C[C@]12CCC(=O)CC1CC[C@@H]1[C@H]2C(OCCCCCCCS(=O)(=O)CCCC(F)(F)C(F)(F)F)C[C@]2(C)C(O)CC[C@@H]12. The highest BCUT2D eigenvalue weighted by molar-refractivity contribution is 7.91. The van der Waals surface area contributed by atoms with E-state index in [1.807, 2.05) is 0 Å². The summed E-state index contributed by atoms with van der Waals surface area (Å²) >= 11 is 0. The summed E-state index contributed by atoms with van der Waals surface area (Å²) in [5.41, 5.74) is -0.0713. The lowest BCUT2D eigenvalue weighted by Gasteiger charge is -2.62. The normalized spacial score (nSPS) is 37.3. The lowest BCUT2D eigenvalue weighted by atomic mass is 9.44. The molecule has 4 rings (SSSR count). The van der Waals surface area contributed by atoms with Gasteiger partial charge in [-0.15, -0.1) is 0 Å². The van der Waals surface area contributed by atoms with Crippen molar-refractivity contribution in [2.24, 2.45) is 34.5 Å². The third-order valence-electron chi connectivity index (χ3n) is 11.6. The minimum Gasteiger partial charge on any atom is -0.393 e. The highest BCUT2D eigenvalue weighted by atomic mass is 32.2. The Morgan fingerprint density at radius 2 is 1.57 bits per heavy atom. The number of ether oxygens (including phenoxy) is 1. The van der Waals surface area contributed by atoms with Gasteiger partial charge in [0.2, 0.25) is 0 Å². The minimum atomic E-state index is -5.66. The number of aliphatic hydroxyl groups is 1. The summed E-state index contributed by atoms with van der Waals surface area (Å²) in [5, 5.41) is 11.0. The molecule has 1 N–H and O–H groups in total. The zero-order valence-electron chi connectivity index (χ0n) is 25.1. The van der Waals surface area contributed by atoms with Crippen LogP contribution in [-0.2, 0) is 19.4 Å². The Bertz CT molecular complexity index is 1050. The maximum Gasteiger partial charge on any atom is 0.453 e. The van der Waals surface area contributed by atoms with Crippen LogP contribution in [0.1, 0.15) is 110 Å². The number of Topliss-reactive ketones (excluding diaryl/α,β-unsaturated/α-hetero) is 1. The summed E-state index contributed by atoms with van der Waals surface area (Å²) in [6.07, 6.45) is 2.38. The van der Waals surface area contributed by atoms with Gasteiger partial charge < -0.3 is 9.84 Å². The fraction of sp³-hybridized carbons (Fsp3) is 0.968. The number of fused-ring (bicyclic) bond motifs is 5. The summed E-state index contributed by atoms with van der Waals surface area (Å²) in [7, 11) is -3.68. The van der Waals surface area contributed by atoms with Crippen molar-refractivity contribution in [1.82, 2.24) is 0 Å². The van der Waals surface area contributed by atoms with Crippen LogP contribution in [0.3, 0.4) is 0 Å². The Hall–Kier alpha value is -0.810. The largest absolute Gasteiger partial charge is 0.453 e. The molecule has 4 aliphatic rings. The zero-order valence-corrected chi connectivity index (χ0v) is 25.9. The topological polar surface area (TPSA) is 80.7 Å². The van der Waals surface area contributed by atoms with Crippen molar-refractivity contribution in [3.8, 4) is 0 Å². The van der Waals surface area contributed by atoms with Gasteiger partial charge in [0.1, 0.15) is 15.6 Å². The molecule has 0 aromatic carbocycles. The Morgan fingerprint density at radius 1 is 0.905 bits per heavy atom. The number of carbonyl (C=O) groups excluding carboxylic acids is 1. The van der Waals surface area contributed by atoms with Crippen LogP contribution in [0.15, 0.2) is 0 Å². The average molecular weight is 629 g/mol. The van der Waals surface area contributed by atoms with Crippen molar-refractivity contribution < 1.29 is 45.0 Å². The molecule has 244 valence electrons. The van der Waals surface area contributed by atoms with Crippen LogP contribution in [0.4, 0.5) is 22.0 Å². The standard InChI is InChI=1S/C31H49F5O5S/c1-28-15-13-22(37)19-21(28)9-10-23-24-11-12-26(38)29(24,2)20-25(27(23)28)41-16-6-4-3-5-7-17-42(39,40)18-8-14-30(32,33)31(34,35)36/h21,23-27,38H,3-20H2,1-2H3/t21?,23-,24-,25?,26?,27-,28-,29-/m0/s1. The number of aliphatic hydroxyl groups excluding tert-OH is 1. The first-order chi connectivity index (χ1) is 19.5. The highest BCUT2D eigenvalue weighted by Gasteiger charge is 2.63. The fourth-order valence-electron chi connectivity index (χ4n) is 9.21. The summed E-state index contributed by atoms with van der Waals surface area (Å²) < 4.78 is 93.6. The average Bonchev–Trinajstić information content (AvgIpc) is 3.18. The van der Waals surface area contributed by atoms with Gasteiger partial charge in [-0.2, -0.15) is 22.0 Å². The molecule has 0 aromatic rings. The highest BCUT2D eigenvalue weighted by Crippen LogP contribution is 2.66. The van der Waals surface area contributed by atoms with Gasteiger partial charge >= 0.3 is 12.1 Å². The van der Waals surface area contributed by atoms with E-state index < -0.39 is 40.5 Å². The van der Waals surface area contributed by atoms with E-state index in [1.165, 1.54) is 0 Å². The second-order valence-electron chi connectivity index (χ2n) is 14.3. The van der Waals surface area contributed by atoms with Crippen molar-refractivity contribution in [2.75, 3.05) is 18.1 Å². The number of alkyl halides is 5. The van der Waals surface area contributed by atoms with E-state index in [4.69, 9.17) is 4.74 Å². The van der Waals surface area contributed by atoms with Crippen LogP contribution in [0.5, 0.6) is 0 Å². The molecule has 0 bridgehead atoms. The van der Waals surface area contributed by atoms with Gasteiger partial charge in [0, 0.05) is 25.9 Å². The number of hydrogen-bond acceptors (Lipinski definition) is 5. The van der Waals surface area contributed by atoms with Gasteiger partial charge in [-0.25, -0.2) is 8.42 Å². The first-order valence-electron chi connectivity index (χ1n) is 16.0. The van der Waals surface area contributed by atoms with E-state index in [0.29, 0.717) is 61.7 Å². The molecule has 4 saturated carbocycles. The van der Waals surface area contributed by atoms with Crippen molar-refractivity contribution in [3.63, 3.8) is 0 Å². The van der Waals surface area contributed by atoms with Crippen molar-refractivity contribution in [1.29, 1.82) is 0 Å². The Labute approximate surface area is 247 Å². The Balaban J connectivity index is 1.22. The Kier molecular flexibility index (Phi) is 10.5. The van der Waals surface area contributed by atoms with Crippen LogP contribution in [-0.4, -0.2) is 61.7 Å². The number of hydrogen-bond donors (Lipinski definition) is 1. The lowest BCUT2D eigenvalue weighted by molar-refractivity contribution is -0.284. The molecule has 8 atom stereocenters. The number of ketones is 1. The van der Waals surface area contributed by atoms with Crippen LogP contribution in [0.25, 0.3) is 0 Å². The molecule has 42 heavy (non-hydrogen) atoms. The van der Waals surface area contributed by atoms with Crippen LogP contribution < -0.4 is 0 Å². The maximum atomic E-state index is 13.0. The molecule has 0 spiro atoms. The molecular weight excluding hydrogens is 579 g/mol. The lowest BCUT2D eigenvalue weighted by Crippen LogP contribution is -2.60. The third kappa shape index (κ3) is 7.19. The molecule has 3 unspecified atom stereocenters. The number of rotatable bonds is 13. The molecule has 11 heteroatoms. The number of unbranched alkanes of at least 4 members (excludes halogenated alkanes) is 4. The summed E-state index contributed by atoms with van der Waals surface area (Å²) in [4.78, 5) is 12.3. The molecule has 5 nitrogen and oxygen atoms in total. The number of halogens is 5. The van der Waals surface area contributed by atoms with Crippen LogP contribution in [0.2, 0.25) is 0 Å². The molecule has 0 saturated heterocycles. The van der Waals surface area contributed by atoms with Gasteiger partial charge in [0.25, 0.3) is 0 Å². The smallest absolute Gasteiger partial charge is 0.393 e. The van der Waals surface area contributed by atoms with Crippen LogP contribution in [0, 0.1) is 34.5 Å². The molecule has 0 radical (unpaired) electrons. The molecule has 0 amide bonds. The third-order valence-corrected chi connectivity index (χ3v) is 13.5. The summed E-state index contributed by atoms with van der Waals surface area (Å²) in [5.74, 6) is -3.60. The summed E-state index contributed by atoms with van der Waals surface area (Å²) in [6.45, 7) is 5.19. The first-order valence-corrected chi connectivity index (χ1v) is 17.8. The van der Waals surface area contributed by atoms with Gasteiger partial charge in [-0.3, -0.25) is 4.79 Å². The maximum absolute atomic E-state index is 13.0. The van der Waals surface area contributed by atoms with Gasteiger partial charge in [-0.1, -0.05) is 33.1 Å². The predicted molar refractivity (Wildman–Crippen MR) is 150 cm³/mol. The molecule has 0 heterocycles. The second kappa shape index (κ2) is 12.9. The van der Waals surface area contributed by atoms with Crippen LogP contribution >= 0.6 is 0 Å². The molecule has 0 aromatic heterocycles. The monoisotopic (exact) mass is 628 g/mol. The number of sulfone groups is 1. The van der Waals surface area contributed by atoms with Gasteiger partial charge in [0.05, 0.1) is 23.7 Å². The second-order valence-corrected chi connectivity index (χ2v) is 16.6. The summed E-state index contributed by atoms with van der Waals surface area (Å²) in [6, 6.07) is 0. The van der Waals surface area contributed by atoms with Gasteiger partial charge in [0.15, 0.2) is 0 Å². The fourth-order valence-corrected chi connectivity index (χ4v) is 10.6. The molecule has 4 aliphatic carbocycles. The van der Waals surface area contributed by atoms with E-state index in [-0.39, 0.29) is 28.8 Å². The predicted octanol–water partition coefficient (Wildman–Crippen LogP) is 7.30. The Morgan fingerprint density at radius 3 is 2.29 bits per heavy atom. The quantitative estimate of drug-likeness (QED) is 0.171. The number of carbonyl (C=O) groups is 1. The van der Waals surface area contributed by atoms with Gasteiger partial charge in [-0.05, 0) is 92.3 Å². The minimum absolute atomic E-state index is 0.0415. The van der Waals surface area contributed by atoms with Crippen molar-refractivity contribution >= 4 is 15.6 Å². The van der Waals surface area contributed by atoms with Crippen molar-refractivity contribution in [3.05, 3.63) is 0 Å². The van der Waals surface area contributed by atoms with E-state index in [2.05, 4.69) is 13.8 Å². The molecule has 4 fully saturated rings. The van der Waals surface area contributed by atoms with E-state index in [0.717, 1.165) is 57.8 Å². The van der Waals surface area contributed by atoms with Crippen molar-refractivity contribution in [2.45, 2.75) is 134 Å². The van der Waals surface area contributed by atoms with E-state index in [9.17, 15) is 40.3 Å². The first kappa shape index (κ1) is 34.1. The molecule has 0 aliphatic heterocycles. The zero-order chi connectivity index (χ0) is 31.0. The van der Waals surface area contributed by atoms with E-state index >= 15 is 0 Å². The van der Waals surface area contributed by atoms with E-state index in [1.54, 1.807) is 0 Å².